The van der Waals surface area contributed by atoms with Crippen molar-refractivity contribution >= 4 is 29.4 Å². The van der Waals surface area contributed by atoms with Gasteiger partial charge in [0.1, 0.15) is 5.75 Å². The van der Waals surface area contributed by atoms with E-state index in [2.05, 4.69) is 5.32 Å². The van der Waals surface area contributed by atoms with Crippen LogP contribution < -0.4 is 15.0 Å². The van der Waals surface area contributed by atoms with Crippen LogP contribution in [0.2, 0.25) is 0 Å². The number of methoxy groups -OCH3 is 1. The molecular formula is C23H23N3O6. The number of benzene rings is 2. The van der Waals surface area contributed by atoms with Crippen molar-refractivity contribution < 1.29 is 29.0 Å². The fourth-order valence-corrected chi connectivity index (χ4v) is 3.28. The maximum atomic E-state index is 13.1. The molecule has 1 atom stereocenters. The number of ether oxygens (including phenoxy) is 1. The van der Waals surface area contributed by atoms with Crippen LogP contribution in [0.25, 0.3) is 11.1 Å². The molecule has 32 heavy (non-hydrogen) atoms. The highest BCUT2D eigenvalue weighted by molar-refractivity contribution is 6.19. The Morgan fingerprint density at radius 2 is 1.84 bits per heavy atom. The quantitative estimate of drug-likeness (QED) is 0.642. The molecule has 0 fully saturated rings. The molecule has 2 aromatic rings. The number of aliphatic carboxylic acids is 1. The van der Waals surface area contributed by atoms with Gasteiger partial charge in [-0.3, -0.25) is 19.3 Å². The molecule has 2 N–H and O–H groups in total. The molecule has 1 aliphatic rings. The van der Waals surface area contributed by atoms with Gasteiger partial charge in [-0.1, -0.05) is 30.3 Å². The monoisotopic (exact) mass is 437 g/mol. The molecule has 0 bridgehead atoms. The van der Waals surface area contributed by atoms with Gasteiger partial charge in [0, 0.05) is 31.9 Å². The summed E-state index contributed by atoms with van der Waals surface area (Å²) < 4.78 is 5.39. The number of carbonyl (C=O) groups is 4. The van der Waals surface area contributed by atoms with Crippen LogP contribution in [0.5, 0.6) is 5.75 Å². The number of nitrogens with zero attached hydrogens (tertiary/aromatic N) is 2. The number of likely N-dealkylation sites (N-methyl/N-ethyl adjacent to an activating group) is 1. The molecule has 1 heterocycles. The van der Waals surface area contributed by atoms with Crippen LogP contribution in [-0.2, 0) is 14.4 Å². The predicted molar refractivity (Wildman–Crippen MR) is 117 cm³/mol. The maximum Gasteiger partial charge on any atom is 0.323 e. The largest absolute Gasteiger partial charge is 0.497 e. The van der Waals surface area contributed by atoms with E-state index in [4.69, 9.17) is 9.84 Å². The van der Waals surface area contributed by atoms with Crippen molar-refractivity contribution in [2.24, 2.45) is 0 Å². The summed E-state index contributed by atoms with van der Waals surface area (Å²) in [4.78, 5) is 51.8. The highest BCUT2D eigenvalue weighted by atomic mass is 16.5. The third-order valence-electron chi connectivity index (χ3n) is 4.92. The Balaban J connectivity index is 2.09. The Kier molecular flexibility index (Phi) is 6.89. The van der Waals surface area contributed by atoms with E-state index in [1.54, 1.807) is 18.2 Å². The van der Waals surface area contributed by atoms with Crippen molar-refractivity contribution in [2.75, 3.05) is 25.6 Å². The van der Waals surface area contributed by atoms with Gasteiger partial charge in [0.2, 0.25) is 0 Å². The third kappa shape index (κ3) is 4.94. The summed E-state index contributed by atoms with van der Waals surface area (Å²) in [5.41, 5.74) is 1.81. The number of carboxylic acid groups (broad SMARTS) is 1. The zero-order valence-corrected chi connectivity index (χ0v) is 17.6. The minimum Gasteiger partial charge on any atom is -0.497 e. The van der Waals surface area contributed by atoms with Crippen molar-refractivity contribution in [1.82, 2.24) is 10.2 Å². The lowest BCUT2D eigenvalue weighted by Crippen LogP contribution is -2.57. The number of ketones is 1. The summed E-state index contributed by atoms with van der Waals surface area (Å²) >= 11 is 0. The van der Waals surface area contributed by atoms with E-state index in [9.17, 15) is 19.2 Å². The van der Waals surface area contributed by atoms with E-state index >= 15 is 0 Å². The summed E-state index contributed by atoms with van der Waals surface area (Å²) in [6.45, 7) is -0.166. The second-order valence-corrected chi connectivity index (χ2v) is 7.10. The van der Waals surface area contributed by atoms with Crippen LogP contribution in [0.1, 0.15) is 6.42 Å². The van der Waals surface area contributed by atoms with Crippen LogP contribution in [0.15, 0.2) is 60.8 Å². The Labute approximate surface area is 184 Å². The molecule has 9 heteroatoms. The number of carboxylic acids is 1. The van der Waals surface area contributed by atoms with Crippen LogP contribution in [0.3, 0.4) is 0 Å². The van der Waals surface area contributed by atoms with Gasteiger partial charge in [-0.2, -0.15) is 0 Å². The lowest BCUT2D eigenvalue weighted by atomic mass is 10.0. The van der Waals surface area contributed by atoms with Gasteiger partial charge < -0.3 is 20.1 Å². The van der Waals surface area contributed by atoms with Crippen molar-refractivity contribution in [1.29, 1.82) is 0 Å². The Hall–Kier alpha value is -4.14. The first-order valence-electron chi connectivity index (χ1n) is 9.84. The summed E-state index contributed by atoms with van der Waals surface area (Å²) in [5.74, 6) is -1.82. The fraction of sp³-hybridized carbons (Fsp3) is 0.217. The number of nitrogens with one attached hydrogen (secondary N) is 1. The second-order valence-electron chi connectivity index (χ2n) is 7.10. The summed E-state index contributed by atoms with van der Waals surface area (Å²) in [6, 6.07) is 12.1. The number of hydrogen-bond acceptors (Lipinski definition) is 5. The number of amides is 3. The first-order chi connectivity index (χ1) is 15.3. The van der Waals surface area contributed by atoms with Gasteiger partial charge >= 0.3 is 12.0 Å². The molecule has 166 valence electrons. The van der Waals surface area contributed by atoms with Crippen LogP contribution >= 0.6 is 0 Å². The van der Waals surface area contributed by atoms with Crippen molar-refractivity contribution in [3.63, 3.8) is 0 Å². The predicted octanol–water partition coefficient (Wildman–Crippen LogP) is 2.28. The third-order valence-corrected chi connectivity index (χ3v) is 4.92. The fourth-order valence-electron chi connectivity index (χ4n) is 3.28. The summed E-state index contributed by atoms with van der Waals surface area (Å²) in [7, 11) is 2.96. The molecule has 2 aromatic carbocycles. The molecule has 0 radical (unpaired) electrons. The zero-order valence-electron chi connectivity index (χ0n) is 17.6. The van der Waals surface area contributed by atoms with Crippen LogP contribution in [-0.4, -0.2) is 60.4 Å². The molecule has 9 nitrogen and oxygen atoms in total. The van der Waals surface area contributed by atoms with E-state index in [1.807, 2.05) is 30.3 Å². The minimum atomic E-state index is -1.44. The van der Waals surface area contributed by atoms with Crippen molar-refractivity contribution in [3.8, 4) is 16.9 Å². The molecule has 0 saturated carbocycles. The molecule has 0 aliphatic carbocycles. The molecule has 1 aliphatic heterocycles. The zero-order chi connectivity index (χ0) is 23.3. The van der Waals surface area contributed by atoms with E-state index in [-0.39, 0.29) is 18.7 Å². The van der Waals surface area contributed by atoms with Crippen molar-refractivity contribution in [2.45, 2.75) is 12.5 Å². The van der Waals surface area contributed by atoms with Gasteiger partial charge in [0.25, 0.3) is 5.91 Å². The average molecular weight is 437 g/mol. The molecular weight excluding hydrogens is 414 g/mol. The van der Waals surface area contributed by atoms with Gasteiger partial charge in [0.05, 0.1) is 19.2 Å². The highest BCUT2D eigenvalue weighted by Crippen LogP contribution is 2.32. The SMILES string of the molecule is COc1cc(-c2ccccc2)cc(N(C(=O)NCCC(=O)O)[C@H]2C(=O)C=CN(C)C2=O)c1. The Morgan fingerprint density at radius 3 is 2.50 bits per heavy atom. The highest BCUT2D eigenvalue weighted by Gasteiger charge is 2.39. The molecule has 0 spiro atoms. The van der Waals surface area contributed by atoms with Gasteiger partial charge in [-0.25, -0.2) is 4.79 Å². The number of rotatable bonds is 7. The number of hydrogen-bond donors (Lipinski definition) is 2. The molecule has 0 saturated heterocycles. The van der Waals surface area contributed by atoms with E-state index < -0.39 is 29.7 Å². The van der Waals surface area contributed by atoms with Gasteiger partial charge in [0.15, 0.2) is 11.8 Å². The van der Waals surface area contributed by atoms with Crippen LogP contribution in [0, 0.1) is 0 Å². The summed E-state index contributed by atoms with van der Waals surface area (Å²) in [5, 5.41) is 11.4. The Morgan fingerprint density at radius 1 is 1.12 bits per heavy atom. The topological polar surface area (TPSA) is 116 Å². The van der Waals surface area contributed by atoms with E-state index in [0.717, 1.165) is 10.5 Å². The smallest absolute Gasteiger partial charge is 0.323 e. The minimum absolute atomic E-state index is 0.166. The Bertz CT molecular complexity index is 1070. The summed E-state index contributed by atoms with van der Waals surface area (Å²) in [6.07, 6.45) is 2.25. The molecule has 0 aromatic heterocycles. The lowest BCUT2D eigenvalue weighted by Gasteiger charge is -2.33. The molecule has 3 amide bonds. The standard InChI is InChI=1S/C23H23N3O6/c1-25-11-9-19(27)21(22(25)30)26(23(31)24-10-8-20(28)29)17-12-16(13-18(14-17)32-2)15-6-4-3-5-7-15/h3-7,9,11-14,21H,8,10H2,1-2H3,(H,24,31)(H,28,29)/t21-/m0/s1. The van der Waals surface area contributed by atoms with Crippen LogP contribution in [0.4, 0.5) is 10.5 Å². The number of carbonyl (C=O) groups excluding carboxylic acids is 3. The second kappa shape index (κ2) is 9.78. The van der Waals surface area contributed by atoms with Gasteiger partial charge in [-0.05, 0) is 23.3 Å². The average Bonchev–Trinajstić information content (AvgIpc) is 2.79. The normalized spacial score (nSPS) is 15.4. The lowest BCUT2D eigenvalue weighted by molar-refractivity contribution is -0.137. The van der Waals surface area contributed by atoms with E-state index in [1.165, 1.54) is 31.3 Å². The van der Waals surface area contributed by atoms with E-state index in [0.29, 0.717) is 11.3 Å². The molecule has 0 unspecified atom stereocenters. The van der Waals surface area contributed by atoms with Crippen molar-refractivity contribution in [3.05, 3.63) is 60.8 Å². The molecule has 3 rings (SSSR count). The first kappa shape index (κ1) is 22.5. The first-order valence-corrected chi connectivity index (χ1v) is 9.84. The number of anilines is 1. The van der Waals surface area contributed by atoms with Gasteiger partial charge in [-0.15, -0.1) is 0 Å². The number of urea groups is 1. The maximum absolute atomic E-state index is 13.1.